The van der Waals surface area contributed by atoms with Gasteiger partial charge in [-0.1, -0.05) is 49.6 Å². The Hall–Kier alpha value is -1.49. The van der Waals surface area contributed by atoms with E-state index in [1.165, 1.54) is 18.9 Å². The van der Waals surface area contributed by atoms with Crippen LogP contribution in [0.4, 0.5) is 4.39 Å². The summed E-state index contributed by atoms with van der Waals surface area (Å²) >= 11 is 6.41. The fraction of sp³-hybridized carbons (Fsp3) is 0.429. The van der Waals surface area contributed by atoms with E-state index in [9.17, 15) is 4.39 Å². The van der Waals surface area contributed by atoms with Gasteiger partial charge in [-0.3, -0.25) is 0 Å². The Morgan fingerprint density at radius 3 is 2.56 bits per heavy atom. The molecule has 2 aromatic rings. The highest BCUT2D eigenvalue weighted by molar-refractivity contribution is 6.32. The van der Waals surface area contributed by atoms with Gasteiger partial charge in [-0.05, 0) is 43.7 Å². The van der Waals surface area contributed by atoms with Gasteiger partial charge in [-0.25, -0.2) is 4.39 Å². The van der Waals surface area contributed by atoms with E-state index in [0.29, 0.717) is 28.7 Å². The molecule has 0 saturated heterocycles. The number of rotatable bonds is 11. The summed E-state index contributed by atoms with van der Waals surface area (Å²) in [5.74, 6) is 0.739. The van der Waals surface area contributed by atoms with Crippen molar-refractivity contribution in [1.29, 1.82) is 0 Å². The second-order valence-corrected chi connectivity index (χ2v) is 6.51. The van der Waals surface area contributed by atoms with Crippen molar-refractivity contribution in [1.82, 2.24) is 5.32 Å². The van der Waals surface area contributed by atoms with Crippen molar-refractivity contribution in [3.05, 3.63) is 58.4 Å². The minimum Gasteiger partial charge on any atom is -0.490 e. The highest BCUT2D eigenvalue weighted by atomic mass is 35.5. The number of hydrogen-bond donors (Lipinski definition) is 1. The van der Waals surface area contributed by atoms with Crippen LogP contribution in [0.3, 0.4) is 0 Å². The van der Waals surface area contributed by atoms with Crippen molar-refractivity contribution >= 4 is 24.0 Å². The summed E-state index contributed by atoms with van der Waals surface area (Å²) in [6, 6.07) is 10.3. The molecule has 3 nitrogen and oxygen atoms in total. The molecule has 6 heteroatoms. The highest BCUT2D eigenvalue weighted by Gasteiger charge is 2.14. The van der Waals surface area contributed by atoms with Crippen LogP contribution in [-0.4, -0.2) is 13.2 Å². The zero-order valence-corrected chi connectivity index (χ0v) is 17.5. The maximum Gasteiger partial charge on any atom is 0.180 e. The summed E-state index contributed by atoms with van der Waals surface area (Å²) in [5.41, 5.74) is 1.51. The lowest BCUT2D eigenvalue weighted by Crippen LogP contribution is -2.14. The van der Waals surface area contributed by atoms with Crippen LogP contribution in [0.15, 0.2) is 36.4 Å². The van der Waals surface area contributed by atoms with Gasteiger partial charge >= 0.3 is 0 Å². The van der Waals surface area contributed by atoms with E-state index in [0.717, 1.165) is 25.1 Å². The standard InChI is InChI=1S/C21H27ClFNO2.ClH/c1-3-5-8-11-24-14-16-12-18(22)21(20(13-16)25-4-2)26-15-17-9-6-7-10-19(17)23;/h6-7,9-10,12-13,24H,3-5,8,11,14-15H2,1-2H3;1H. The maximum atomic E-state index is 13.8. The van der Waals surface area contributed by atoms with Crippen LogP contribution < -0.4 is 14.8 Å². The van der Waals surface area contributed by atoms with Gasteiger partial charge in [-0.15, -0.1) is 12.4 Å². The molecule has 0 atom stereocenters. The van der Waals surface area contributed by atoms with Crippen molar-refractivity contribution in [2.24, 2.45) is 0 Å². The van der Waals surface area contributed by atoms with E-state index < -0.39 is 0 Å². The molecule has 0 saturated carbocycles. The van der Waals surface area contributed by atoms with Crippen molar-refractivity contribution in [3.8, 4) is 11.5 Å². The van der Waals surface area contributed by atoms with Crippen LogP contribution >= 0.6 is 24.0 Å². The van der Waals surface area contributed by atoms with Crippen LogP contribution in [0.2, 0.25) is 5.02 Å². The van der Waals surface area contributed by atoms with E-state index >= 15 is 0 Å². The quantitative estimate of drug-likeness (QED) is 0.445. The Kier molecular flexibility index (Phi) is 11.2. The SMILES string of the molecule is CCCCCNCc1cc(Cl)c(OCc2ccccc2F)c(OCC)c1.Cl. The van der Waals surface area contributed by atoms with E-state index in [2.05, 4.69) is 12.2 Å². The van der Waals surface area contributed by atoms with Crippen molar-refractivity contribution < 1.29 is 13.9 Å². The molecule has 0 aliphatic heterocycles. The Morgan fingerprint density at radius 2 is 1.85 bits per heavy atom. The number of nitrogens with one attached hydrogen (secondary N) is 1. The van der Waals surface area contributed by atoms with Gasteiger partial charge in [0.15, 0.2) is 11.5 Å². The third kappa shape index (κ3) is 7.57. The molecule has 2 aromatic carbocycles. The molecule has 0 fully saturated rings. The van der Waals surface area contributed by atoms with E-state index in [1.54, 1.807) is 18.2 Å². The van der Waals surface area contributed by atoms with Crippen LogP contribution in [0.25, 0.3) is 0 Å². The summed E-state index contributed by atoms with van der Waals surface area (Å²) in [4.78, 5) is 0. The van der Waals surface area contributed by atoms with Gasteiger partial charge in [0.05, 0.1) is 11.6 Å². The zero-order valence-electron chi connectivity index (χ0n) is 15.9. The topological polar surface area (TPSA) is 30.5 Å². The smallest absolute Gasteiger partial charge is 0.180 e. The van der Waals surface area contributed by atoms with Crippen LogP contribution in [0.1, 0.15) is 44.2 Å². The molecule has 27 heavy (non-hydrogen) atoms. The number of halogens is 3. The Morgan fingerprint density at radius 1 is 1.07 bits per heavy atom. The summed E-state index contributed by atoms with van der Waals surface area (Å²) < 4.78 is 25.3. The van der Waals surface area contributed by atoms with E-state index in [-0.39, 0.29) is 24.8 Å². The minimum atomic E-state index is -0.297. The third-order valence-corrected chi connectivity index (χ3v) is 4.27. The van der Waals surface area contributed by atoms with Crippen molar-refractivity contribution in [3.63, 3.8) is 0 Å². The molecule has 0 radical (unpaired) electrons. The summed E-state index contributed by atoms with van der Waals surface area (Å²) in [7, 11) is 0. The lowest BCUT2D eigenvalue weighted by molar-refractivity contribution is 0.266. The second kappa shape index (κ2) is 12.8. The van der Waals surface area contributed by atoms with Gasteiger partial charge in [0.1, 0.15) is 12.4 Å². The van der Waals surface area contributed by atoms with Crippen LogP contribution in [0, 0.1) is 5.82 Å². The number of unbranched alkanes of at least 4 members (excludes halogenated alkanes) is 2. The summed E-state index contributed by atoms with van der Waals surface area (Å²) in [6.07, 6.45) is 3.59. The molecule has 2 rings (SSSR count). The molecule has 0 aliphatic carbocycles. The fourth-order valence-corrected chi connectivity index (χ4v) is 2.91. The Balaban J connectivity index is 0.00000364. The van der Waals surface area contributed by atoms with Gasteiger partial charge in [0, 0.05) is 12.1 Å². The summed E-state index contributed by atoms with van der Waals surface area (Å²) in [6.45, 7) is 6.39. The molecule has 1 N–H and O–H groups in total. The molecule has 0 aromatic heterocycles. The van der Waals surface area contributed by atoms with Gasteiger partial charge in [-0.2, -0.15) is 0 Å². The molecule has 150 valence electrons. The average Bonchev–Trinajstić information content (AvgIpc) is 2.62. The van der Waals surface area contributed by atoms with Gasteiger partial charge in [0.2, 0.25) is 0 Å². The van der Waals surface area contributed by atoms with E-state index in [1.807, 2.05) is 19.1 Å². The first-order valence-electron chi connectivity index (χ1n) is 9.17. The molecule has 0 aliphatic rings. The molecule has 0 heterocycles. The second-order valence-electron chi connectivity index (χ2n) is 6.10. The molecular weight excluding hydrogens is 388 g/mol. The molecular formula is C21H28Cl2FNO2. The third-order valence-electron chi connectivity index (χ3n) is 3.99. The predicted molar refractivity (Wildman–Crippen MR) is 112 cm³/mol. The number of hydrogen-bond acceptors (Lipinski definition) is 3. The molecule has 0 bridgehead atoms. The molecule has 0 unspecified atom stereocenters. The minimum absolute atomic E-state index is 0. The first kappa shape index (κ1) is 23.5. The largest absolute Gasteiger partial charge is 0.490 e. The Labute approximate surface area is 172 Å². The number of ether oxygens (including phenoxy) is 2. The number of benzene rings is 2. The monoisotopic (exact) mass is 415 g/mol. The highest BCUT2D eigenvalue weighted by Crippen LogP contribution is 2.37. The molecule has 0 amide bonds. The van der Waals surface area contributed by atoms with Gasteiger partial charge in [0.25, 0.3) is 0 Å². The van der Waals surface area contributed by atoms with Gasteiger partial charge < -0.3 is 14.8 Å². The lowest BCUT2D eigenvalue weighted by atomic mass is 10.2. The molecule has 0 spiro atoms. The van der Waals surface area contributed by atoms with E-state index in [4.69, 9.17) is 21.1 Å². The lowest BCUT2D eigenvalue weighted by Gasteiger charge is -2.16. The first-order valence-corrected chi connectivity index (χ1v) is 9.55. The van der Waals surface area contributed by atoms with Crippen molar-refractivity contribution in [2.75, 3.05) is 13.2 Å². The average molecular weight is 416 g/mol. The predicted octanol–water partition coefficient (Wildman–Crippen LogP) is 6.16. The van der Waals surface area contributed by atoms with Crippen LogP contribution in [0.5, 0.6) is 11.5 Å². The Bertz CT molecular complexity index is 698. The first-order chi connectivity index (χ1) is 12.7. The maximum absolute atomic E-state index is 13.8. The van der Waals surface area contributed by atoms with Crippen LogP contribution in [-0.2, 0) is 13.2 Å². The summed E-state index contributed by atoms with van der Waals surface area (Å²) in [5, 5.41) is 3.88. The van der Waals surface area contributed by atoms with Crippen molar-refractivity contribution in [2.45, 2.75) is 46.3 Å². The zero-order chi connectivity index (χ0) is 18.8. The normalized spacial score (nSPS) is 10.4. The fourth-order valence-electron chi connectivity index (χ4n) is 2.62.